The normalized spacial score (nSPS) is 11.7. The summed E-state index contributed by atoms with van der Waals surface area (Å²) in [6.07, 6.45) is 1.87. The predicted molar refractivity (Wildman–Crippen MR) is 59.0 cm³/mol. The topological polar surface area (TPSA) is 52.6 Å². The quantitative estimate of drug-likeness (QED) is 0.236. The summed E-state index contributed by atoms with van der Waals surface area (Å²) in [6.45, 7) is 3.42. The van der Waals surface area contributed by atoms with Crippen molar-refractivity contribution >= 4 is 10.1 Å². The third kappa shape index (κ3) is 7.32. The summed E-state index contributed by atoms with van der Waals surface area (Å²) in [6, 6.07) is 0. The maximum absolute atomic E-state index is 11.8. The molecule has 18 heavy (non-hydrogen) atoms. The Balaban J connectivity index is 3.72. The molecule has 0 aliphatic rings. The highest BCUT2D eigenvalue weighted by atomic mass is 32.2. The third-order valence-corrected chi connectivity index (χ3v) is 2.55. The van der Waals surface area contributed by atoms with E-state index in [1.165, 1.54) is 0 Å². The number of rotatable bonds is 7. The molecular formula is C10H13F3O4S. The van der Waals surface area contributed by atoms with Crippen molar-refractivity contribution in [3.8, 4) is 11.8 Å². The Hall–Kier alpha value is -1.04. The van der Waals surface area contributed by atoms with Crippen molar-refractivity contribution in [1.29, 1.82) is 0 Å². The molecule has 0 N–H and O–H groups in total. The summed E-state index contributed by atoms with van der Waals surface area (Å²) in [5, 5.41) is 0. The summed E-state index contributed by atoms with van der Waals surface area (Å²) in [7, 11) is -5.49. The largest absolute Gasteiger partial charge is 0.523 e. The summed E-state index contributed by atoms with van der Waals surface area (Å²) in [5.74, 6) is 5.20. The van der Waals surface area contributed by atoms with E-state index in [4.69, 9.17) is 4.74 Å². The maximum Gasteiger partial charge on any atom is 0.523 e. The molecule has 0 aromatic heterocycles. The molecule has 0 aliphatic heterocycles. The van der Waals surface area contributed by atoms with E-state index in [0.29, 0.717) is 6.61 Å². The van der Waals surface area contributed by atoms with Crippen LogP contribution in [-0.2, 0) is 19.0 Å². The first-order valence-corrected chi connectivity index (χ1v) is 6.32. The number of unbranched alkanes of at least 4 members (excludes halogenated alkanes) is 1. The molecule has 0 bridgehead atoms. The fourth-order valence-electron chi connectivity index (χ4n) is 0.729. The zero-order chi connectivity index (χ0) is 14.1. The van der Waals surface area contributed by atoms with E-state index in [0.717, 1.165) is 0 Å². The van der Waals surface area contributed by atoms with Gasteiger partial charge < -0.3 is 4.74 Å². The van der Waals surface area contributed by atoms with Crippen molar-refractivity contribution in [1.82, 2.24) is 0 Å². The van der Waals surface area contributed by atoms with Crippen molar-refractivity contribution in [3.05, 3.63) is 12.7 Å². The van der Waals surface area contributed by atoms with Crippen LogP contribution in [0.4, 0.5) is 13.2 Å². The van der Waals surface area contributed by atoms with Gasteiger partial charge in [-0.05, 0) is 6.42 Å². The van der Waals surface area contributed by atoms with Gasteiger partial charge in [-0.1, -0.05) is 12.0 Å². The van der Waals surface area contributed by atoms with Crippen LogP contribution in [0.15, 0.2) is 12.7 Å². The molecule has 0 saturated heterocycles. The SMILES string of the molecule is C=CCOCC#CCCCOS(=O)(=O)C(F)(F)F. The monoisotopic (exact) mass is 286 g/mol. The smallest absolute Gasteiger partial charge is 0.365 e. The Bertz CT molecular complexity index is 403. The second kappa shape index (κ2) is 8.13. The number of alkyl halides is 3. The molecule has 0 aliphatic carbocycles. The van der Waals surface area contributed by atoms with E-state index in [2.05, 4.69) is 22.6 Å². The highest BCUT2D eigenvalue weighted by molar-refractivity contribution is 7.87. The zero-order valence-electron chi connectivity index (χ0n) is 9.50. The van der Waals surface area contributed by atoms with Gasteiger partial charge >= 0.3 is 15.6 Å². The van der Waals surface area contributed by atoms with Gasteiger partial charge in [0.1, 0.15) is 6.61 Å². The van der Waals surface area contributed by atoms with E-state index < -0.39 is 22.2 Å². The van der Waals surface area contributed by atoms with E-state index in [1.807, 2.05) is 0 Å². The average molecular weight is 286 g/mol. The second-order valence-electron chi connectivity index (χ2n) is 2.98. The second-order valence-corrected chi connectivity index (χ2v) is 4.59. The Morgan fingerprint density at radius 1 is 1.28 bits per heavy atom. The van der Waals surface area contributed by atoms with Crippen molar-refractivity contribution in [2.45, 2.75) is 18.3 Å². The van der Waals surface area contributed by atoms with Crippen molar-refractivity contribution in [2.75, 3.05) is 19.8 Å². The fraction of sp³-hybridized carbons (Fsp3) is 0.600. The Kier molecular flexibility index (Phi) is 7.66. The lowest BCUT2D eigenvalue weighted by Gasteiger charge is -2.06. The minimum atomic E-state index is -5.49. The molecule has 0 amide bonds. The van der Waals surface area contributed by atoms with Gasteiger partial charge in [0.25, 0.3) is 0 Å². The van der Waals surface area contributed by atoms with Gasteiger partial charge in [0.05, 0.1) is 13.2 Å². The average Bonchev–Trinajstić information content (AvgIpc) is 2.25. The highest BCUT2D eigenvalue weighted by Gasteiger charge is 2.47. The summed E-state index contributed by atoms with van der Waals surface area (Å²) >= 11 is 0. The lowest BCUT2D eigenvalue weighted by Crippen LogP contribution is -2.25. The molecule has 0 aromatic rings. The van der Waals surface area contributed by atoms with Crippen LogP contribution in [0.25, 0.3) is 0 Å². The van der Waals surface area contributed by atoms with Crippen molar-refractivity contribution in [3.63, 3.8) is 0 Å². The molecule has 0 heterocycles. The lowest BCUT2D eigenvalue weighted by atomic mass is 10.3. The number of ether oxygens (including phenoxy) is 1. The maximum atomic E-state index is 11.8. The fourth-order valence-corrected chi connectivity index (χ4v) is 1.20. The summed E-state index contributed by atoms with van der Waals surface area (Å²) in [4.78, 5) is 0. The molecule has 0 radical (unpaired) electrons. The molecule has 0 atom stereocenters. The van der Waals surface area contributed by atoms with Gasteiger partial charge in [-0.3, -0.25) is 4.18 Å². The van der Waals surface area contributed by atoms with E-state index in [1.54, 1.807) is 6.08 Å². The molecule has 0 fully saturated rings. The molecule has 0 saturated carbocycles. The minimum Gasteiger partial charge on any atom is -0.365 e. The van der Waals surface area contributed by atoms with E-state index in [9.17, 15) is 21.6 Å². The molecule has 0 spiro atoms. The van der Waals surface area contributed by atoms with Crippen LogP contribution in [0.5, 0.6) is 0 Å². The van der Waals surface area contributed by atoms with Crippen LogP contribution in [0, 0.1) is 11.8 Å². The summed E-state index contributed by atoms with van der Waals surface area (Å²) in [5.41, 5.74) is -5.38. The highest BCUT2D eigenvalue weighted by Crippen LogP contribution is 2.24. The molecule has 0 unspecified atom stereocenters. The van der Waals surface area contributed by atoms with E-state index >= 15 is 0 Å². The minimum absolute atomic E-state index is 0.0871. The van der Waals surface area contributed by atoms with Gasteiger partial charge in [0.2, 0.25) is 0 Å². The molecule has 104 valence electrons. The van der Waals surface area contributed by atoms with Crippen LogP contribution in [-0.4, -0.2) is 33.7 Å². The van der Waals surface area contributed by atoms with Gasteiger partial charge in [-0.15, -0.1) is 12.5 Å². The summed E-state index contributed by atoms with van der Waals surface area (Å²) < 4.78 is 65.0. The Morgan fingerprint density at radius 2 is 1.94 bits per heavy atom. The zero-order valence-corrected chi connectivity index (χ0v) is 10.3. The van der Waals surface area contributed by atoms with Gasteiger partial charge in [0, 0.05) is 6.42 Å². The number of halogens is 3. The first-order valence-electron chi connectivity index (χ1n) is 4.91. The molecule has 4 nitrogen and oxygen atoms in total. The Labute approximate surface area is 104 Å². The predicted octanol–water partition coefficient (Wildman–Crippen LogP) is 1.84. The van der Waals surface area contributed by atoms with Crippen LogP contribution in [0.3, 0.4) is 0 Å². The van der Waals surface area contributed by atoms with Crippen LogP contribution < -0.4 is 0 Å². The van der Waals surface area contributed by atoms with Crippen LogP contribution in [0.2, 0.25) is 0 Å². The van der Waals surface area contributed by atoms with Crippen LogP contribution >= 0.6 is 0 Å². The molecule has 0 aromatic carbocycles. The molecule has 0 rings (SSSR count). The van der Waals surface area contributed by atoms with Crippen LogP contribution in [0.1, 0.15) is 12.8 Å². The van der Waals surface area contributed by atoms with E-state index in [-0.39, 0.29) is 19.4 Å². The Morgan fingerprint density at radius 3 is 2.50 bits per heavy atom. The first-order chi connectivity index (χ1) is 8.31. The van der Waals surface area contributed by atoms with Crippen molar-refractivity contribution < 1.29 is 30.5 Å². The number of hydrogen-bond donors (Lipinski definition) is 0. The van der Waals surface area contributed by atoms with Gasteiger partial charge in [-0.25, -0.2) is 0 Å². The van der Waals surface area contributed by atoms with Gasteiger partial charge in [0.15, 0.2) is 0 Å². The van der Waals surface area contributed by atoms with Crippen molar-refractivity contribution in [2.24, 2.45) is 0 Å². The molecule has 8 heteroatoms. The lowest BCUT2D eigenvalue weighted by molar-refractivity contribution is -0.0542. The first kappa shape index (κ1) is 17.0. The standard InChI is InChI=1S/C10H13F3O4S/c1-2-7-16-8-5-3-4-6-9-17-18(14,15)10(11,12)13/h2H,1,4,6-9H2. The molecular weight excluding hydrogens is 273 g/mol. The number of hydrogen-bond acceptors (Lipinski definition) is 4. The third-order valence-electron chi connectivity index (χ3n) is 1.50. The van der Waals surface area contributed by atoms with Gasteiger partial charge in [-0.2, -0.15) is 21.6 Å².